The van der Waals surface area contributed by atoms with E-state index in [2.05, 4.69) is 15.0 Å². The fraction of sp³-hybridized carbons (Fsp3) is 0.231. The van der Waals surface area contributed by atoms with Gasteiger partial charge in [-0.1, -0.05) is 6.92 Å². The lowest BCUT2D eigenvalue weighted by molar-refractivity contribution is 0.0997. The Morgan fingerprint density at radius 2 is 2.29 bits per heavy atom. The van der Waals surface area contributed by atoms with Crippen molar-refractivity contribution in [3.8, 4) is 11.4 Å². The van der Waals surface area contributed by atoms with Gasteiger partial charge in [0.15, 0.2) is 17.2 Å². The Hall–Kier alpha value is -2.48. The average Bonchev–Trinajstić information content (AvgIpc) is 3.07. The number of amides is 1. The van der Waals surface area contributed by atoms with Crippen LogP contribution in [0.3, 0.4) is 0 Å². The predicted molar refractivity (Wildman–Crippen MR) is 80.3 cm³/mol. The zero-order valence-corrected chi connectivity index (χ0v) is 12.1. The van der Waals surface area contributed by atoms with Crippen LogP contribution in [0.25, 0.3) is 22.6 Å². The van der Waals surface area contributed by atoms with E-state index in [1.807, 2.05) is 23.8 Å². The Labute approximate surface area is 123 Å². The number of primary amides is 1. The molecule has 3 rings (SSSR count). The van der Waals surface area contributed by atoms with Gasteiger partial charge in [0.1, 0.15) is 5.52 Å². The molecular formula is C13H13N5O2S. The summed E-state index contributed by atoms with van der Waals surface area (Å²) in [5.41, 5.74) is 6.59. The van der Waals surface area contributed by atoms with Crippen LogP contribution in [0.5, 0.6) is 0 Å². The molecule has 0 unspecified atom stereocenters. The molecule has 0 saturated carbocycles. The number of nitrogens with zero attached hydrogens (tertiary/aromatic N) is 3. The maximum absolute atomic E-state index is 12.0. The van der Waals surface area contributed by atoms with E-state index in [1.165, 1.54) is 15.9 Å². The number of hydrogen-bond acceptors (Lipinski definition) is 5. The third kappa shape index (κ3) is 2.23. The molecule has 0 aliphatic carbocycles. The fourth-order valence-electron chi connectivity index (χ4n) is 2.16. The number of hydrogen-bond donors (Lipinski definition) is 2. The maximum atomic E-state index is 12.0. The first-order valence-corrected chi connectivity index (χ1v) is 7.39. The second-order valence-corrected chi connectivity index (χ2v) is 5.33. The molecule has 0 atom stereocenters. The molecule has 0 fully saturated rings. The summed E-state index contributed by atoms with van der Waals surface area (Å²) in [5, 5.41) is 3.77. The summed E-state index contributed by atoms with van der Waals surface area (Å²) in [7, 11) is 0. The van der Waals surface area contributed by atoms with Crippen molar-refractivity contribution in [2.24, 2.45) is 5.73 Å². The van der Waals surface area contributed by atoms with Crippen LogP contribution in [0.15, 0.2) is 21.6 Å². The highest BCUT2D eigenvalue weighted by Gasteiger charge is 2.18. The molecule has 108 valence electrons. The summed E-state index contributed by atoms with van der Waals surface area (Å²) < 4.78 is 1.50. The van der Waals surface area contributed by atoms with E-state index in [0.29, 0.717) is 23.5 Å². The largest absolute Gasteiger partial charge is 0.364 e. The fourth-order valence-corrected chi connectivity index (χ4v) is 2.79. The minimum Gasteiger partial charge on any atom is -0.364 e. The highest BCUT2D eigenvalue weighted by Crippen LogP contribution is 2.22. The van der Waals surface area contributed by atoms with Crippen molar-refractivity contribution in [2.45, 2.75) is 19.9 Å². The SMILES string of the molecule is CCCn1c(=O)[nH]c2c(C(N)=O)nc(-c3ccsc3)nc21. The molecule has 1 amide bonds. The van der Waals surface area contributed by atoms with Crippen LogP contribution >= 0.6 is 11.3 Å². The van der Waals surface area contributed by atoms with Crippen molar-refractivity contribution in [2.75, 3.05) is 0 Å². The van der Waals surface area contributed by atoms with E-state index < -0.39 is 5.91 Å². The van der Waals surface area contributed by atoms with Crippen LogP contribution in [0.4, 0.5) is 0 Å². The van der Waals surface area contributed by atoms with Gasteiger partial charge in [0.25, 0.3) is 5.91 Å². The Kier molecular flexibility index (Phi) is 3.30. The maximum Gasteiger partial charge on any atom is 0.327 e. The monoisotopic (exact) mass is 303 g/mol. The van der Waals surface area contributed by atoms with Gasteiger partial charge in [-0.3, -0.25) is 9.36 Å². The number of nitrogens with two attached hydrogens (primary N) is 1. The van der Waals surface area contributed by atoms with E-state index in [1.54, 1.807) is 0 Å². The number of imidazole rings is 1. The highest BCUT2D eigenvalue weighted by molar-refractivity contribution is 7.08. The Morgan fingerprint density at radius 1 is 1.48 bits per heavy atom. The van der Waals surface area contributed by atoms with E-state index in [0.717, 1.165) is 12.0 Å². The van der Waals surface area contributed by atoms with Crippen molar-refractivity contribution in [3.05, 3.63) is 33.0 Å². The second-order valence-electron chi connectivity index (χ2n) is 4.55. The van der Waals surface area contributed by atoms with Gasteiger partial charge in [0.2, 0.25) is 0 Å². The van der Waals surface area contributed by atoms with Gasteiger partial charge in [-0.2, -0.15) is 11.3 Å². The lowest BCUT2D eigenvalue weighted by atomic mass is 10.3. The number of nitrogens with one attached hydrogen (secondary N) is 1. The minimum atomic E-state index is -0.691. The molecule has 0 radical (unpaired) electrons. The molecule has 3 N–H and O–H groups in total. The summed E-state index contributed by atoms with van der Waals surface area (Å²) in [4.78, 5) is 34.8. The normalized spacial score (nSPS) is 11.1. The smallest absolute Gasteiger partial charge is 0.327 e. The first-order chi connectivity index (χ1) is 10.1. The lowest BCUT2D eigenvalue weighted by Crippen LogP contribution is -2.16. The van der Waals surface area contributed by atoms with E-state index in [-0.39, 0.29) is 11.4 Å². The van der Waals surface area contributed by atoms with Crippen molar-refractivity contribution in [1.82, 2.24) is 19.5 Å². The van der Waals surface area contributed by atoms with Crippen LogP contribution in [0.1, 0.15) is 23.8 Å². The Morgan fingerprint density at radius 3 is 2.90 bits per heavy atom. The van der Waals surface area contributed by atoms with Gasteiger partial charge in [0.05, 0.1) is 0 Å². The number of aryl methyl sites for hydroxylation is 1. The Balaban J connectivity index is 2.35. The lowest BCUT2D eigenvalue weighted by Gasteiger charge is -2.04. The molecule has 7 nitrogen and oxygen atoms in total. The molecule has 0 bridgehead atoms. The van der Waals surface area contributed by atoms with Gasteiger partial charge in [-0.05, 0) is 17.9 Å². The minimum absolute atomic E-state index is 0.0353. The predicted octanol–water partition coefficient (Wildman–Crippen LogP) is 1.36. The third-order valence-electron chi connectivity index (χ3n) is 3.08. The number of H-pyrrole nitrogens is 1. The number of carbonyl (C=O) groups excluding carboxylic acids is 1. The quantitative estimate of drug-likeness (QED) is 0.758. The summed E-state index contributed by atoms with van der Waals surface area (Å²) >= 11 is 1.50. The zero-order chi connectivity index (χ0) is 15.0. The van der Waals surface area contributed by atoms with Gasteiger partial charge >= 0.3 is 5.69 Å². The summed E-state index contributed by atoms with van der Waals surface area (Å²) in [6, 6.07) is 1.85. The number of carbonyl (C=O) groups is 1. The van der Waals surface area contributed by atoms with Crippen LogP contribution < -0.4 is 11.4 Å². The van der Waals surface area contributed by atoms with Gasteiger partial charge in [-0.25, -0.2) is 14.8 Å². The van der Waals surface area contributed by atoms with E-state index in [4.69, 9.17) is 5.73 Å². The van der Waals surface area contributed by atoms with Gasteiger partial charge in [0, 0.05) is 17.5 Å². The third-order valence-corrected chi connectivity index (χ3v) is 3.77. The van der Waals surface area contributed by atoms with Crippen LogP contribution in [0, 0.1) is 0 Å². The van der Waals surface area contributed by atoms with E-state index in [9.17, 15) is 9.59 Å². The molecule has 3 aromatic rings. The van der Waals surface area contributed by atoms with Crippen molar-refractivity contribution in [3.63, 3.8) is 0 Å². The molecule has 0 spiro atoms. The highest BCUT2D eigenvalue weighted by atomic mass is 32.1. The number of aromatic nitrogens is 4. The molecule has 3 heterocycles. The molecular weight excluding hydrogens is 290 g/mol. The second kappa shape index (κ2) is 5.13. The zero-order valence-electron chi connectivity index (χ0n) is 11.3. The molecule has 8 heteroatoms. The number of fused-ring (bicyclic) bond motifs is 1. The van der Waals surface area contributed by atoms with Crippen molar-refractivity contribution in [1.29, 1.82) is 0 Å². The standard InChI is InChI=1S/C13H13N5O2S/c1-2-4-18-12-9(16-13(18)20)8(10(14)19)15-11(17-12)7-3-5-21-6-7/h3,5-6H,2,4H2,1H3,(H2,14,19)(H,16,20). The van der Waals surface area contributed by atoms with Gasteiger partial charge in [-0.15, -0.1) is 0 Å². The molecule has 0 aromatic carbocycles. The number of rotatable bonds is 4. The molecule has 0 saturated heterocycles. The van der Waals surface area contributed by atoms with Crippen LogP contribution in [-0.4, -0.2) is 25.4 Å². The first-order valence-electron chi connectivity index (χ1n) is 6.44. The van der Waals surface area contributed by atoms with Crippen molar-refractivity contribution < 1.29 is 4.79 Å². The summed E-state index contributed by atoms with van der Waals surface area (Å²) in [5.74, 6) is -0.301. The Bertz CT molecular complexity index is 863. The average molecular weight is 303 g/mol. The van der Waals surface area contributed by atoms with E-state index >= 15 is 0 Å². The first kappa shape index (κ1) is 13.5. The molecule has 0 aliphatic rings. The number of aromatic amines is 1. The summed E-state index contributed by atoms with van der Waals surface area (Å²) in [6.07, 6.45) is 0.774. The van der Waals surface area contributed by atoms with Crippen molar-refractivity contribution >= 4 is 28.4 Å². The molecule has 0 aliphatic heterocycles. The topological polar surface area (TPSA) is 107 Å². The molecule has 3 aromatic heterocycles. The van der Waals surface area contributed by atoms with Crippen LogP contribution in [0.2, 0.25) is 0 Å². The number of thiophene rings is 1. The van der Waals surface area contributed by atoms with Gasteiger partial charge < -0.3 is 10.7 Å². The summed E-state index contributed by atoms with van der Waals surface area (Å²) in [6.45, 7) is 2.47. The van der Waals surface area contributed by atoms with Crippen LogP contribution in [-0.2, 0) is 6.54 Å². The molecule has 21 heavy (non-hydrogen) atoms.